The van der Waals surface area contributed by atoms with Gasteiger partial charge in [-0.25, -0.2) is 0 Å². The number of ether oxygens (including phenoxy) is 2. The maximum absolute atomic E-state index is 12.9. The maximum atomic E-state index is 12.9. The smallest absolute Gasteiger partial charge is 0.417 e. The van der Waals surface area contributed by atoms with Crippen LogP contribution in [-0.2, 0) is 10.9 Å². The molecule has 0 aromatic heterocycles. The van der Waals surface area contributed by atoms with Crippen LogP contribution in [0.5, 0.6) is 5.75 Å². The number of benzene rings is 2. The highest BCUT2D eigenvalue weighted by Gasteiger charge is 2.33. The molecule has 0 spiro atoms. The average molecular weight is 388 g/mol. The number of hydrogen-bond donors (Lipinski definition) is 1. The van der Waals surface area contributed by atoms with Gasteiger partial charge in [0.25, 0.3) is 5.91 Å². The molecule has 2 aromatic rings. The lowest BCUT2D eigenvalue weighted by molar-refractivity contribution is -0.137. The molecule has 0 aliphatic carbocycles. The number of halogens is 4. The summed E-state index contributed by atoms with van der Waals surface area (Å²) in [5, 5.41) is 2.00. The molecule has 1 N–H and O–H groups in total. The molecule has 2 rings (SSSR count). The van der Waals surface area contributed by atoms with Gasteiger partial charge in [0.1, 0.15) is 12.4 Å². The summed E-state index contributed by atoms with van der Waals surface area (Å²) in [5.74, 6) is -0.276. The highest BCUT2D eigenvalue weighted by molar-refractivity contribution is 6.31. The molecule has 0 saturated heterocycles. The first kappa shape index (κ1) is 20.1. The van der Waals surface area contributed by atoms with E-state index in [-0.39, 0.29) is 17.9 Å². The monoisotopic (exact) mass is 387 g/mol. The lowest BCUT2D eigenvalue weighted by Gasteiger charge is -2.14. The van der Waals surface area contributed by atoms with E-state index in [1.165, 1.54) is 12.1 Å². The molecule has 0 aliphatic heterocycles. The summed E-state index contributed by atoms with van der Waals surface area (Å²) in [6.45, 7) is 3.00. The summed E-state index contributed by atoms with van der Waals surface area (Å²) in [6.07, 6.45) is -4.61. The van der Waals surface area contributed by atoms with Gasteiger partial charge in [-0.3, -0.25) is 4.79 Å². The van der Waals surface area contributed by atoms with Gasteiger partial charge in [0.05, 0.1) is 22.8 Å². The van der Waals surface area contributed by atoms with Crippen LogP contribution in [0, 0.1) is 0 Å². The first-order valence-corrected chi connectivity index (χ1v) is 8.18. The normalized spacial score (nSPS) is 11.3. The first-order valence-electron chi connectivity index (χ1n) is 7.80. The Balaban J connectivity index is 2.15. The lowest BCUT2D eigenvalue weighted by atomic mass is 10.1. The Labute approximate surface area is 153 Å². The molecule has 0 saturated carbocycles. The van der Waals surface area contributed by atoms with Crippen molar-refractivity contribution in [2.75, 3.05) is 25.1 Å². The number of para-hydroxylation sites is 1. The van der Waals surface area contributed by atoms with E-state index in [0.717, 1.165) is 12.1 Å². The van der Waals surface area contributed by atoms with Crippen molar-refractivity contribution in [3.05, 3.63) is 58.6 Å². The van der Waals surface area contributed by atoms with Crippen LogP contribution < -0.4 is 10.1 Å². The molecule has 8 heteroatoms. The van der Waals surface area contributed by atoms with Crippen LogP contribution in [0.3, 0.4) is 0 Å². The molecule has 0 radical (unpaired) electrons. The van der Waals surface area contributed by atoms with Gasteiger partial charge in [0.2, 0.25) is 0 Å². The van der Waals surface area contributed by atoms with Crippen LogP contribution >= 0.6 is 11.6 Å². The highest BCUT2D eigenvalue weighted by atomic mass is 35.5. The Morgan fingerprint density at radius 3 is 2.58 bits per heavy atom. The third kappa shape index (κ3) is 5.37. The van der Waals surface area contributed by atoms with Crippen molar-refractivity contribution in [2.45, 2.75) is 13.1 Å². The number of carbonyl (C=O) groups is 1. The van der Waals surface area contributed by atoms with E-state index in [4.69, 9.17) is 21.1 Å². The molecule has 0 unspecified atom stereocenters. The molecular weight excluding hydrogens is 371 g/mol. The summed E-state index contributed by atoms with van der Waals surface area (Å²) in [7, 11) is 0. The number of rotatable bonds is 7. The van der Waals surface area contributed by atoms with Crippen molar-refractivity contribution in [1.29, 1.82) is 0 Å². The molecular formula is C18H17ClF3NO3. The molecule has 0 bridgehead atoms. The molecule has 26 heavy (non-hydrogen) atoms. The molecule has 0 aliphatic rings. The predicted molar refractivity (Wildman–Crippen MR) is 92.8 cm³/mol. The van der Waals surface area contributed by atoms with Gasteiger partial charge in [-0.15, -0.1) is 0 Å². The third-order valence-corrected chi connectivity index (χ3v) is 3.68. The summed E-state index contributed by atoms with van der Waals surface area (Å²) in [5.41, 5.74) is -0.832. The van der Waals surface area contributed by atoms with E-state index < -0.39 is 22.7 Å². The van der Waals surface area contributed by atoms with Crippen molar-refractivity contribution >= 4 is 23.2 Å². The zero-order valence-electron chi connectivity index (χ0n) is 13.9. The van der Waals surface area contributed by atoms with Crippen molar-refractivity contribution in [3.63, 3.8) is 0 Å². The fraction of sp³-hybridized carbons (Fsp3) is 0.278. The summed E-state index contributed by atoms with van der Waals surface area (Å²) < 4.78 is 49.5. The Kier molecular flexibility index (Phi) is 6.88. The van der Waals surface area contributed by atoms with Crippen molar-refractivity contribution in [1.82, 2.24) is 0 Å². The third-order valence-electron chi connectivity index (χ3n) is 3.35. The van der Waals surface area contributed by atoms with Crippen LogP contribution in [-0.4, -0.2) is 25.7 Å². The van der Waals surface area contributed by atoms with Gasteiger partial charge in [0, 0.05) is 12.3 Å². The minimum atomic E-state index is -4.61. The van der Waals surface area contributed by atoms with Gasteiger partial charge in [-0.1, -0.05) is 23.7 Å². The number of hydrogen-bond acceptors (Lipinski definition) is 3. The first-order chi connectivity index (χ1) is 12.3. The van der Waals surface area contributed by atoms with Gasteiger partial charge < -0.3 is 14.8 Å². The molecule has 140 valence electrons. The lowest BCUT2D eigenvalue weighted by Crippen LogP contribution is -2.16. The van der Waals surface area contributed by atoms with Crippen molar-refractivity contribution < 1.29 is 27.4 Å². The van der Waals surface area contributed by atoms with E-state index in [0.29, 0.717) is 19.0 Å². The van der Waals surface area contributed by atoms with E-state index in [2.05, 4.69) is 5.32 Å². The van der Waals surface area contributed by atoms with Crippen molar-refractivity contribution in [3.8, 4) is 5.75 Å². The van der Waals surface area contributed by atoms with Crippen LogP contribution in [0.1, 0.15) is 22.8 Å². The highest BCUT2D eigenvalue weighted by Crippen LogP contribution is 2.36. The van der Waals surface area contributed by atoms with E-state index in [1.807, 2.05) is 6.92 Å². The number of nitrogens with one attached hydrogen (secondary N) is 1. The Bertz CT molecular complexity index is 766. The van der Waals surface area contributed by atoms with E-state index in [9.17, 15) is 18.0 Å². The number of amides is 1. The number of alkyl halides is 3. The standard InChI is InChI=1S/C18H17ClF3NO3/c1-2-25-9-10-26-16-6-4-3-5-13(16)17(24)23-12-7-8-15(19)14(11-12)18(20,21)22/h3-8,11H,2,9-10H2,1H3,(H,23,24). The van der Waals surface area contributed by atoms with Gasteiger partial charge in [-0.2, -0.15) is 13.2 Å². The van der Waals surface area contributed by atoms with Crippen LogP contribution in [0.4, 0.5) is 18.9 Å². The Hall–Kier alpha value is -2.25. The molecule has 0 atom stereocenters. The van der Waals surface area contributed by atoms with Crippen LogP contribution in [0.25, 0.3) is 0 Å². The quantitative estimate of drug-likeness (QED) is 0.678. The minimum Gasteiger partial charge on any atom is -0.490 e. The zero-order valence-corrected chi connectivity index (χ0v) is 14.7. The maximum Gasteiger partial charge on any atom is 0.417 e. The topological polar surface area (TPSA) is 47.6 Å². The molecule has 0 heterocycles. The van der Waals surface area contributed by atoms with E-state index >= 15 is 0 Å². The fourth-order valence-corrected chi connectivity index (χ4v) is 2.38. The molecule has 0 fully saturated rings. The van der Waals surface area contributed by atoms with Crippen LogP contribution in [0.2, 0.25) is 5.02 Å². The second-order valence-corrected chi connectivity index (χ2v) is 5.60. The number of carbonyl (C=O) groups excluding carboxylic acids is 1. The summed E-state index contributed by atoms with van der Waals surface area (Å²) in [4.78, 5) is 12.4. The Morgan fingerprint density at radius 2 is 1.88 bits per heavy atom. The number of anilines is 1. The second kappa shape index (κ2) is 8.91. The summed E-state index contributed by atoms with van der Waals surface area (Å²) in [6, 6.07) is 9.62. The predicted octanol–water partition coefficient (Wildman–Crippen LogP) is 5.03. The second-order valence-electron chi connectivity index (χ2n) is 5.19. The SMILES string of the molecule is CCOCCOc1ccccc1C(=O)Nc1ccc(Cl)c(C(F)(F)F)c1. The molecule has 2 aromatic carbocycles. The Morgan fingerprint density at radius 1 is 1.15 bits per heavy atom. The molecule has 4 nitrogen and oxygen atoms in total. The molecule has 1 amide bonds. The van der Waals surface area contributed by atoms with Gasteiger partial charge in [-0.05, 0) is 37.3 Å². The zero-order chi connectivity index (χ0) is 19.2. The largest absolute Gasteiger partial charge is 0.490 e. The summed E-state index contributed by atoms with van der Waals surface area (Å²) >= 11 is 5.58. The van der Waals surface area contributed by atoms with Crippen molar-refractivity contribution in [2.24, 2.45) is 0 Å². The van der Waals surface area contributed by atoms with Gasteiger partial charge >= 0.3 is 6.18 Å². The fourth-order valence-electron chi connectivity index (χ4n) is 2.15. The van der Waals surface area contributed by atoms with Gasteiger partial charge in [0.15, 0.2) is 0 Å². The average Bonchev–Trinajstić information content (AvgIpc) is 2.59. The minimum absolute atomic E-state index is 0.0177. The van der Waals surface area contributed by atoms with Crippen LogP contribution in [0.15, 0.2) is 42.5 Å². The van der Waals surface area contributed by atoms with E-state index in [1.54, 1.807) is 18.2 Å².